The molecule has 1 amide bonds. The van der Waals surface area contributed by atoms with Crippen molar-refractivity contribution in [3.8, 4) is 0 Å². The monoisotopic (exact) mass is 403 g/mol. The third-order valence-electron chi connectivity index (χ3n) is 5.33. The molecule has 0 spiro atoms. The van der Waals surface area contributed by atoms with Crippen molar-refractivity contribution in [2.24, 2.45) is 5.92 Å². The third-order valence-corrected chi connectivity index (χ3v) is 6.22. The predicted octanol–water partition coefficient (Wildman–Crippen LogP) is 1.98. The van der Waals surface area contributed by atoms with Gasteiger partial charge < -0.3 is 5.32 Å². The Balaban J connectivity index is 1.75. The Hall–Kier alpha value is -2.42. The molecule has 28 heavy (non-hydrogen) atoms. The van der Waals surface area contributed by atoms with Gasteiger partial charge in [0.25, 0.3) is 5.56 Å². The molecule has 0 radical (unpaired) electrons. The highest BCUT2D eigenvalue weighted by atomic mass is 32.1. The number of carbonyl (C=O) groups excluding carboxylic acids is 1. The van der Waals surface area contributed by atoms with E-state index in [0.717, 1.165) is 32.1 Å². The highest BCUT2D eigenvalue weighted by Crippen LogP contribution is 2.18. The molecule has 3 aromatic rings. The van der Waals surface area contributed by atoms with Crippen molar-refractivity contribution in [1.29, 1.82) is 0 Å². The summed E-state index contributed by atoms with van der Waals surface area (Å²) in [6.07, 6.45) is 5.01. The molecule has 0 atom stereocenters. The molecule has 3 aromatic heterocycles. The summed E-state index contributed by atoms with van der Waals surface area (Å²) in [5, 5.41) is 9.15. The molecule has 3 heterocycles. The number of amides is 1. The Labute approximate surface area is 165 Å². The van der Waals surface area contributed by atoms with Gasteiger partial charge in [-0.1, -0.05) is 26.7 Å². The zero-order valence-corrected chi connectivity index (χ0v) is 17.0. The first-order valence-electron chi connectivity index (χ1n) is 9.84. The summed E-state index contributed by atoms with van der Waals surface area (Å²) < 4.78 is 4.72. The smallest absolute Gasteiger partial charge is 0.352 e. The van der Waals surface area contributed by atoms with Crippen LogP contribution in [0.15, 0.2) is 21.0 Å². The molecule has 1 aliphatic rings. The standard InChI is InChI=1S/C19H25N5O3S/c1-12(2)7-9-22-17(26)16-14(8-10-28-16)24-18(22)21-23(19(24)27)11-15(25)20-13-5-3-4-6-13/h8,10,12-13H,3-7,9,11H2,1-2H3,(H,20,25). The molecule has 0 aromatic carbocycles. The lowest BCUT2D eigenvalue weighted by Crippen LogP contribution is -2.37. The van der Waals surface area contributed by atoms with Gasteiger partial charge in [0.05, 0.1) is 5.52 Å². The second-order valence-corrected chi connectivity index (χ2v) is 8.81. The van der Waals surface area contributed by atoms with Gasteiger partial charge in [-0.3, -0.25) is 14.2 Å². The quantitative estimate of drug-likeness (QED) is 0.681. The Kier molecular flexibility index (Phi) is 5.09. The number of nitrogens with one attached hydrogen (secondary N) is 1. The zero-order chi connectivity index (χ0) is 19.8. The van der Waals surface area contributed by atoms with E-state index in [0.29, 0.717) is 28.5 Å². The number of fused-ring (bicyclic) bond motifs is 3. The van der Waals surface area contributed by atoms with Crippen LogP contribution in [0.5, 0.6) is 0 Å². The summed E-state index contributed by atoms with van der Waals surface area (Å²) in [7, 11) is 0. The molecule has 0 saturated heterocycles. The molecule has 4 rings (SSSR count). The average molecular weight is 404 g/mol. The van der Waals surface area contributed by atoms with Crippen molar-refractivity contribution in [3.05, 3.63) is 32.3 Å². The maximum absolute atomic E-state index is 13.0. The first kappa shape index (κ1) is 18.9. The number of hydrogen-bond donors (Lipinski definition) is 1. The van der Waals surface area contributed by atoms with Crippen molar-refractivity contribution in [1.82, 2.24) is 24.1 Å². The minimum atomic E-state index is -0.390. The van der Waals surface area contributed by atoms with Crippen LogP contribution >= 0.6 is 11.3 Å². The zero-order valence-electron chi connectivity index (χ0n) is 16.2. The van der Waals surface area contributed by atoms with Gasteiger partial charge in [-0.05, 0) is 36.6 Å². The molecule has 0 unspecified atom stereocenters. The SMILES string of the molecule is CC(C)CCn1c(=O)c2sccc2n2c(=O)n(CC(=O)NC3CCCC3)nc12. The van der Waals surface area contributed by atoms with Gasteiger partial charge in [0.2, 0.25) is 11.7 Å². The summed E-state index contributed by atoms with van der Waals surface area (Å²) in [4.78, 5) is 38.3. The van der Waals surface area contributed by atoms with E-state index < -0.39 is 5.69 Å². The lowest BCUT2D eigenvalue weighted by molar-refractivity contribution is -0.122. The average Bonchev–Trinajstić information content (AvgIpc) is 3.36. The summed E-state index contributed by atoms with van der Waals surface area (Å²) >= 11 is 1.32. The number of rotatable bonds is 6. The normalized spacial score (nSPS) is 15.2. The van der Waals surface area contributed by atoms with Gasteiger partial charge in [-0.15, -0.1) is 16.4 Å². The molecule has 1 fully saturated rings. The van der Waals surface area contributed by atoms with E-state index >= 15 is 0 Å². The van der Waals surface area contributed by atoms with Gasteiger partial charge in [0, 0.05) is 12.6 Å². The van der Waals surface area contributed by atoms with E-state index in [4.69, 9.17) is 0 Å². The second-order valence-electron chi connectivity index (χ2n) is 7.90. The number of aromatic nitrogens is 4. The molecule has 0 aliphatic heterocycles. The molecular weight excluding hydrogens is 378 g/mol. The van der Waals surface area contributed by atoms with Gasteiger partial charge in [-0.25, -0.2) is 13.9 Å². The minimum absolute atomic E-state index is 0.134. The highest BCUT2D eigenvalue weighted by Gasteiger charge is 2.21. The molecule has 0 bridgehead atoms. The van der Waals surface area contributed by atoms with Gasteiger partial charge >= 0.3 is 5.69 Å². The van der Waals surface area contributed by atoms with Gasteiger partial charge in [0.1, 0.15) is 11.2 Å². The number of nitrogens with zero attached hydrogens (tertiary/aromatic N) is 4. The first-order valence-corrected chi connectivity index (χ1v) is 10.7. The lowest BCUT2D eigenvalue weighted by Gasteiger charge is -2.11. The summed E-state index contributed by atoms with van der Waals surface area (Å²) in [6.45, 7) is 4.52. The van der Waals surface area contributed by atoms with Crippen LogP contribution < -0.4 is 16.6 Å². The van der Waals surface area contributed by atoms with E-state index in [9.17, 15) is 14.4 Å². The number of aryl methyl sites for hydroxylation is 1. The van der Waals surface area contributed by atoms with Crippen LogP contribution in [0.2, 0.25) is 0 Å². The van der Waals surface area contributed by atoms with Crippen LogP contribution in [0.1, 0.15) is 46.0 Å². The fourth-order valence-corrected chi connectivity index (χ4v) is 4.63. The van der Waals surface area contributed by atoms with E-state index in [1.54, 1.807) is 16.0 Å². The fraction of sp³-hybridized carbons (Fsp3) is 0.579. The van der Waals surface area contributed by atoms with Crippen LogP contribution in [0.25, 0.3) is 16.0 Å². The Morgan fingerprint density at radius 3 is 2.79 bits per heavy atom. The lowest BCUT2D eigenvalue weighted by atomic mass is 10.1. The van der Waals surface area contributed by atoms with E-state index in [2.05, 4.69) is 24.3 Å². The number of thiophene rings is 1. The van der Waals surface area contributed by atoms with E-state index in [1.165, 1.54) is 20.4 Å². The minimum Gasteiger partial charge on any atom is -0.352 e. The predicted molar refractivity (Wildman–Crippen MR) is 109 cm³/mol. The number of carbonyl (C=O) groups is 1. The molecule has 9 heteroatoms. The van der Waals surface area contributed by atoms with Crippen LogP contribution in [-0.2, 0) is 17.9 Å². The van der Waals surface area contributed by atoms with Gasteiger partial charge in [0.15, 0.2) is 0 Å². The van der Waals surface area contributed by atoms with E-state index in [1.807, 2.05) is 0 Å². The largest absolute Gasteiger partial charge is 0.352 e. The number of hydrogen-bond acceptors (Lipinski definition) is 5. The van der Waals surface area contributed by atoms with Crippen molar-refractivity contribution in [2.75, 3.05) is 0 Å². The molecule has 1 saturated carbocycles. The van der Waals surface area contributed by atoms with Crippen LogP contribution in [0.3, 0.4) is 0 Å². The summed E-state index contributed by atoms with van der Waals surface area (Å²) in [5.74, 6) is 0.502. The molecule has 8 nitrogen and oxygen atoms in total. The Morgan fingerprint density at radius 2 is 2.07 bits per heavy atom. The highest BCUT2D eigenvalue weighted by molar-refractivity contribution is 7.17. The second kappa shape index (κ2) is 7.54. The van der Waals surface area contributed by atoms with E-state index in [-0.39, 0.29) is 24.1 Å². The third kappa shape index (κ3) is 3.39. The molecular formula is C19H25N5O3S. The maximum atomic E-state index is 13.0. The van der Waals surface area contributed by atoms with Crippen LogP contribution in [0, 0.1) is 5.92 Å². The maximum Gasteiger partial charge on any atom is 0.352 e. The van der Waals surface area contributed by atoms with Gasteiger partial charge in [-0.2, -0.15) is 0 Å². The fourth-order valence-electron chi connectivity index (χ4n) is 3.81. The topological polar surface area (TPSA) is 90.4 Å². The van der Waals surface area contributed by atoms with Crippen LogP contribution in [-0.4, -0.2) is 30.7 Å². The summed E-state index contributed by atoms with van der Waals surface area (Å²) in [6, 6.07) is 1.95. The van der Waals surface area contributed by atoms with Crippen molar-refractivity contribution in [2.45, 2.75) is 65.1 Å². The van der Waals surface area contributed by atoms with Crippen molar-refractivity contribution >= 4 is 33.2 Å². The van der Waals surface area contributed by atoms with Crippen molar-refractivity contribution < 1.29 is 4.79 Å². The van der Waals surface area contributed by atoms with Crippen LogP contribution in [0.4, 0.5) is 0 Å². The Morgan fingerprint density at radius 1 is 1.32 bits per heavy atom. The molecule has 1 N–H and O–H groups in total. The molecule has 150 valence electrons. The van der Waals surface area contributed by atoms with Crippen molar-refractivity contribution in [3.63, 3.8) is 0 Å². The molecule has 1 aliphatic carbocycles. The summed E-state index contributed by atoms with van der Waals surface area (Å²) in [5.41, 5.74) is 0.0298. The Bertz CT molecular complexity index is 1130. The first-order chi connectivity index (χ1) is 13.5.